The van der Waals surface area contributed by atoms with Gasteiger partial charge < -0.3 is 15.2 Å². The predicted octanol–water partition coefficient (Wildman–Crippen LogP) is 4.99. The van der Waals surface area contributed by atoms with Crippen molar-refractivity contribution >= 4 is 29.8 Å². The van der Waals surface area contributed by atoms with Crippen LogP contribution in [0.25, 0.3) is 0 Å². The molecule has 1 aliphatic carbocycles. The number of anilines is 3. The van der Waals surface area contributed by atoms with Crippen LogP contribution in [0.4, 0.5) is 17.3 Å². The summed E-state index contributed by atoms with van der Waals surface area (Å²) in [6.07, 6.45) is 10.6. The Morgan fingerprint density at radius 2 is 1.54 bits per heavy atom. The maximum Gasteiger partial charge on any atom is 0.135 e. The Morgan fingerprint density at radius 3 is 2.19 bits per heavy atom. The van der Waals surface area contributed by atoms with Crippen molar-refractivity contribution in [3.8, 4) is 0 Å². The third-order valence-electron chi connectivity index (χ3n) is 4.89. The number of hydrogen-bond donors (Lipinski definition) is 2. The number of nitrogens with zero attached hydrogens (tertiary/aromatic N) is 2. The van der Waals surface area contributed by atoms with Crippen LogP contribution in [0.5, 0.6) is 0 Å². The van der Waals surface area contributed by atoms with E-state index in [0.717, 1.165) is 22.6 Å². The van der Waals surface area contributed by atoms with Crippen molar-refractivity contribution in [3.05, 3.63) is 36.7 Å². The van der Waals surface area contributed by atoms with Crippen LogP contribution in [0.1, 0.15) is 44.9 Å². The summed E-state index contributed by atoms with van der Waals surface area (Å²) in [5, 5.41) is 7.76. The molecular weight excluding hydrogens is 343 g/mol. The van der Waals surface area contributed by atoms with E-state index in [1.54, 1.807) is 19.7 Å². The zero-order valence-corrected chi connectivity index (χ0v) is 16.6. The lowest BCUT2D eigenvalue weighted by atomic mass is 9.97. The van der Waals surface area contributed by atoms with Crippen LogP contribution in [0.3, 0.4) is 0 Å². The van der Waals surface area contributed by atoms with Crippen LogP contribution >= 0.6 is 7.14 Å². The van der Waals surface area contributed by atoms with E-state index in [1.165, 1.54) is 44.9 Å². The van der Waals surface area contributed by atoms with Gasteiger partial charge in [-0.25, -0.2) is 9.97 Å². The minimum Gasteiger partial charge on any atom is -0.367 e. The molecule has 2 aromatic rings. The highest BCUT2D eigenvalue weighted by Crippen LogP contribution is 2.34. The summed E-state index contributed by atoms with van der Waals surface area (Å²) >= 11 is 0. The van der Waals surface area contributed by atoms with Gasteiger partial charge in [0.1, 0.15) is 25.1 Å². The second kappa shape index (κ2) is 8.68. The molecule has 0 radical (unpaired) electrons. The Morgan fingerprint density at radius 1 is 0.923 bits per heavy atom. The van der Waals surface area contributed by atoms with Gasteiger partial charge in [0, 0.05) is 23.1 Å². The second-order valence-corrected chi connectivity index (χ2v) is 10.7. The lowest BCUT2D eigenvalue weighted by Crippen LogP contribution is -2.21. The number of hydrogen-bond acceptors (Lipinski definition) is 5. The summed E-state index contributed by atoms with van der Waals surface area (Å²) in [6, 6.07) is 10.2. The van der Waals surface area contributed by atoms with Gasteiger partial charge >= 0.3 is 0 Å². The molecule has 1 aromatic heterocycles. The number of nitrogens with one attached hydrogen (secondary N) is 2. The quantitative estimate of drug-likeness (QED) is 0.724. The standard InChI is InChI=1S/C20H29N4OP/c1-26(2,25)18-12-10-17(11-13-18)24-20-14-19(21-15-22-20)23-16-8-6-4-3-5-7-9-16/h10-16H,3-9H2,1-2H3,(H2,21,22,23,24). The first-order valence-corrected chi connectivity index (χ1v) is 12.1. The molecule has 1 heterocycles. The Kier molecular flexibility index (Phi) is 6.31. The third kappa shape index (κ3) is 5.57. The van der Waals surface area contributed by atoms with E-state index in [-0.39, 0.29) is 0 Å². The van der Waals surface area contributed by atoms with Crippen LogP contribution in [0, 0.1) is 0 Å². The summed E-state index contributed by atoms with van der Waals surface area (Å²) in [4.78, 5) is 8.69. The molecule has 0 unspecified atom stereocenters. The minimum atomic E-state index is -2.22. The zero-order chi connectivity index (χ0) is 18.4. The van der Waals surface area contributed by atoms with Crippen LogP contribution in [0.15, 0.2) is 36.7 Å². The molecule has 0 aliphatic heterocycles. The Bertz CT molecular complexity index is 749. The first kappa shape index (κ1) is 18.9. The van der Waals surface area contributed by atoms with Crippen molar-refractivity contribution in [1.82, 2.24) is 9.97 Å². The summed E-state index contributed by atoms with van der Waals surface area (Å²) in [7, 11) is -2.22. The predicted molar refractivity (Wildman–Crippen MR) is 111 cm³/mol. The van der Waals surface area contributed by atoms with E-state index in [1.807, 2.05) is 30.3 Å². The topological polar surface area (TPSA) is 66.9 Å². The van der Waals surface area contributed by atoms with Gasteiger partial charge in [-0.05, 0) is 50.4 Å². The lowest BCUT2D eigenvalue weighted by molar-refractivity contribution is 0.470. The Balaban J connectivity index is 1.64. The normalized spacial score (nSPS) is 16.5. The highest BCUT2D eigenvalue weighted by Gasteiger charge is 2.13. The number of aromatic nitrogens is 2. The molecule has 0 spiro atoms. The summed E-state index contributed by atoms with van der Waals surface area (Å²) in [5.74, 6) is 1.63. The van der Waals surface area contributed by atoms with Gasteiger partial charge in [0.05, 0.1) is 0 Å². The van der Waals surface area contributed by atoms with Gasteiger partial charge in [-0.1, -0.05) is 32.1 Å². The van der Waals surface area contributed by atoms with E-state index < -0.39 is 7.14 Å². The first-order valence-electron chi connectivity index (χ1n) is 9.52. The van der Waals surface area contributed by atoms with Crippen molar-refractivity contribution in [1.29, 1.82) is 0 Å². The monoisotopic (exact) mass is 372 g/mol. The molecule has 1 aromatic carbocycles. The second-order valence-electron chi connectivity index (χ2n) is 7.50. The van der Waals surface area contributed by atoms with Crippen LogP contribution in [0.2, 0.25) is 0 Å². The molecule has 5 nitrogen and oxygen atoms in total. The molecule has 3 rings (SSSR count). The van der Waals surface area contributed by atoms with Gasteiger partial charge in [0.25, 0.3) is 0 Å². The third-order valence-corrected chi connectivity index (χ3v) is 6.43. The van der Waals surface area contributed by atoms with Crippen LogP contribution < -0.4 is 15.9 Å². The van der Waals surface area contributed by atoms with Gasteiger partial charge in [-0.3, -0.25) is 0 Å². The van der Waals surface area contributed by atoms with E-state index in [2.05, 4.69) is 20.6 Å². The smallest absolute Gasteiger partial charge is 0.135 e. The molecule has 0 saturated heterocycles. The van der Waals surface area contributed by atoms with Gasteiger partial charge in [0.15, 0.2) is 0 Å². The summed E-state index contributed by atoms with van der Waals surface area (Å²) in [6.45, 7) is 3.57. The maximum atomic E-state index is 12.1. The molecule has 140 valence electrons. The molecule has 1 saturated carbocycles. The molecular formula is C20H29N4OP. The molecule has 6 heteroatoms. The van der Waals surface area contributed by atoms with E-state index >= 15 is 0 Å². The summed E-state index contributed by atoms with van der Waals surface area (Å²) < 4.78 is 12.1. The Labute approximate surface area is 156 Å². The molecule has 26 heavy (non-hydrogen) atoms. The van der Waals surface area contributed by atoms with Gasteiger partial charge in [-0.15, -0.1) is 0 Å². The van der Waals surface area contributed by atoms with Crippen LogP contribution in [-0.4, -0.2) is 29.3 Å². The van der Waals surface area contributed by atoms with Gasteiger partial charge in [0.2, 0.25) is 0 Å². The van der Waals surface area contributed by atoms with Crippen molar-refractivity contribution < 1.29 is 4.57 Å². The highest BCUT2D eigenvalue weighted by molar-refractivity contribution is 7.70. The van der Waals surface area contributed by atoms with E-state index in [9.17, 15) is 4.57 Å². The molecule has 0 amide bonds. The minimum absolute atomic E-state index is 0.501. The molecule has 0 atom stereocenters. The fourth-order valence-corrected chi connectivity index (χ4v) is 4.23. The average molecular weight is 372 g/mol. The van der Waals surface area contributed by atoms with Crippen molar-refractivity contribution in [2.75, 3.05) is 24.0 Å². The number of rotatable bonds is 5. The fraction of sp³-hybridized carbons (Fsp3) is 0.500. The first-order chi connectivity index (χ1) is 12.5. The van der Waals surface area contributed by atoms with Crippen LogP contribution in [-0.2, 0) is 4.57 Å². The largest absolute Gasteiger partial charge is 0.367 e. The SMILES string of the molecule is CP(C)(=O)c1ccc(Nc2cc(NC3CCCCCCC3)ncn2)cc1. The molecule has 1 fully saturated rings. The lowest BCUT2D eigenvalue weighted by Gasteiger charge is -2.21. The summed E-state index contributed by atoms with van der Waals surface area (Å²) in [5.41, 5.74) is 0.929. The van der Waals surface area contributed by atoms with Crippen molar-refractivity contribution in [3.63, 3.8) is 0 Å². The van der Waals surface area contributed by atoms with Crippen molar-refractivity contribution in [2.45, 2.75) is 51.0 Å². The molecule has 1 aliphatic rings. The van der Waals surface area contributed by atoms with E-state index in [4.69, 9.17) is 0 Å². The Hall–Kier alpha value is -1.87. The highest BCUT2D eigenvalue weighted by atomic mass is 31.2. The van der Waals surface area contributed by atoms with E-state index in [0.29, 0.717) is 6.04 Å². The molecule has 0 bridgehead atoms. The fourth-order valence-electron chi connectivity index (χ4n) is 3.37. The number of benzene rings is 1. The van der Waals surface area contributed by atoms with Gasteiger partial charge in [-0.2, -0.15) is 0 Å². The van der Waals surface area contributed by atoms with Crippen molar-refractivity contribution in [2.24, 2.45) is 0 Å². The maximum absolute atomic E-state index is 12.1. The zero-order valence-electron chi connectivity index (χ0n) is 15.7. The average Bonchev–Trinajstić information content (AvgIpc) is 2.57. The molecule has 2 N–H and O–H groups in total.